The molecule has 0 bridgehead atoms. The Balaban J connectivity index is 2.21. The lowest BCUT2D eigenvalue weighted by atomic mass is 9.75. The molecule has 150 valence electrons. The van der Waals surface area contributed by atoms with Gasteiger partial charge in [0.25, 0.3) is 5.91 Å². The molecule has 1 fully saturated rings. The molecule has 1 aromatic rings. The number of carbonyl (C=O) groups is 2. The van der Waals surface area contributed by atoms with E-state index in [4.69, 9.17) is 10.5 Å². The third-order valence-corrected chi connectivity index (χ3v) is 5.30. The van der Waals surface area contributed by atoms with Crippen LogP contribution < -0.4 is 5.73 Å². The third kappa shape index (κ3) is 4.64. The molecule has 1 amide bonds. The van der Waals surface area contributed by atoms with Gasteiger partial charge in [0, 0.05) is 0 Å². The normalized spacial score (nSPS) is 22.6. The zero-order chi connectivity index (χ0) is 20.3. The van der Waals surface area contributed by atoms with Crippen molar-refractivity contribution in [2.24, 2.45) is 23.5 Å². The van der Waals surface area contributed by atoms with E-state index in [9.17, 15) is 19.7 Å². The number of nitro groups is 1. The van der Waals surface area contributed by atoms with Crippen molar-refractivity contribution in [2.45, 2.75) is 66.0 Å². The smallest absolute Gasteiger partial charge is 0.328 e. The minimum absolute atomic E-state index is 0.174. The molecule has 1 saturated carbocycles. The van der Waals surface area contributed by atoms with Gasteiger partial charge in [-0.25, -0.2) is 0 Å². The molecular formula is C18H28N4O5. The maximum Gasteiger partial charge on any atom is 0.328 e. The Labute approximate surface area is 158 Å². The van der Waals surface area contributed by atoms with Crippen molar-refractivity contribution >= 4 is 17.6 Å². The summed E-state index contributed by atoms with van der Waals surface area (Å²) in [6.45, 7) is 7.78. The number of aromatic nitrogens is 2. The number of esters is 1. The molecule has 0 spiro atoms. The predicted molar refractivity (Wildman–Crippen MR) is 98.0 cm³/mol. The van der Waals surface area contributed by atoms with Crippen molar-refractivity contribution in [1.29, 1.82) is 0 Å². The fourth-order valence-electron chi connectivity index (χ4n) is 3.90. The van der Waals surface area contributed by atoms with E-state index in [-0.39, 0.29) is 24.8 Å². The number of amides is 1. The lowest BCUT2D eigenvalue weighted by Crippen LogP contribution is -2.36. The van der Waals surface area contributed by atoms with Crippen LogP contribution in [0.5, 0.6) is 0 Å². The molecule has 0 aliphatic heterocycles. The van der Waals surface area contributed by atoms with Gasteiger partial charge in [0.2, 0.25) is 5.69 Å². The summed E-state index contributed by atoms with van der Waals surface area (Å²) in [6, 6.07) is 0. The Morgan fingerprint density at radius 1 is 1.41 bits per heavy atom. The van der Waals surface area contributed by atoms with Gasteiger partial charge in [-0.3, -0.25) is 24.4 Å². The molecule has 2 N–H and O–H groups in total. The quantitative estimate of drug-likeness (QED) is 0.439. The van der Waals surface area contributed by atoms with Crippen LogP contribution in [-0.4, -0.2) is 32.7 Å². The van der Waals surface area contributed by atoms with Crippen molar-refractivity contribution in [2.75, 3.05) is 0 Å². The van der Waals surface area contributed by atoms with Crippen LogP contribution in [0.3, 0.4) is 0 Å². The Bertz CT molecular complexity index is 728. The zero-order valence-corrected chi connectivity index (χ0v) is 16.3. The fraction of sp³-hybridized carbons (Fsp3) is 0.722. The Morgan fingerprint density at radius 3 is 2.59 bits per heavy atom. The van der Waals surface area contributed by atoms with Crippen LogP contribution >= 0.6 is 0 Å². The van der Waals surface area contributed by atoms with Gasteiger partial charge in [-0.15, -0.1) is 0 Å². The first-order valence-electron chi connectivity index (χ1n) is 9.38. The summed E-state index contributed by atoms with van der Waals surface area (Å²) in [5.41, 5.74) is 4.51. The molecule has 1 aliphatic rings. The van der Waals surface area contributed by atoms with Gasteiger partial charge < -0.3 is 10.5 Å². The number of rotatable bonds is 7. The first-order valence-corrected chi connectivity index (χ1v) is 9.38. The molecule has 0 unspecified atom stereocenters. The van der Waals surface area contributed by atoms with Crippen molar-refractivity contribution in [1.82, 2.24) is 9.78 Å². The molecule has 1 heterocycles. The SMILES string of the molecule is CCc1c([N+](=O)[O-])c(C(N)=O)nn1CC(=O)O[C@@H]1C[C@H](C)CC[C@@H]1C(C)C. The molecule has 9 nitrogen and oxygen atoms in total. The van der Waals surface area contributed by atoms with E-state index in [0.717, 1.165) is 23.9 Å². The van der Waals surface area contributed by atoms with Crippen molar-refractivity contribution in [3.8, 4) is 0 Å². The summed E-state index contributed by atoms with van der Waals surface area (Å²) in [4.78, 5) is 34.6. The number of hydrogen-bond acceptors (Lipinski definition) is 6. The molecule has 27 heavy (non-hydrogen) atoms. The fourth-order valence-corrected chi connectivity index (χ4v) is 3.90. The molecule has 9 heteroatoms. The van der Waals surface area contributed by atoms with E-state index >= 15 is 0 Å². The number of nitrogens with zero attached hydrogens (tertiary/aromatic N) is 3. The largest absolute Gasteiger partial charge is 0.461 e. The number of ether oxygens (including phenoxy) is 1. The number of nitrogens with two attached hydrogens (primary N) is 1. The van der Waals surface area contributed by atoms with E-state index in [1.165, 1.54) is 0 Å². The maximum atomic E-state index is 12.5. The minimum atomic E-state index is -0.996. The summed E-state index contributed by atoms with van der Waals surface area (Å²) in [6.07, 6.45) is 2.99. The van der Waals surface area contributed by atoms with Crippen LogP contribution in [0, 0.1) is 27.9 Å². The number of hydrogen-bond donors (Lipinski definition) is 1. The van der Waals surface area contributed by atoms with E-state index < -0.39 is 28.2 Å². The second kappa shape index (κ2) is 8.49. The van der Waals surface area contributed by atoms with Crippen molar-refractivity contribution < 1.29 is 19.2 Å². The second-order valence-corrected chi connectivity index (χ2v) is 7.63. The average molecular weight is 380 g/mol. The monoisotopic (exact) mass is 380 g/mol. The highest BCUT2D eigenvalue weighted by molar-refractivity contribution is 5.95. The van der Waals surface area contributed by atoms with E-state index in [1.54, 1.807) is 6.92 Å². The van der Waals surface area contributed by atoms with Crippen molar-refractivity contribution in [3.63, 3.8) is 0 Å². The first kappa shape index (κ1) is 20.9. The number of carbonyl (C=O) groups excluding carboxylic acids is 2. The summed E-state index contributed by atoms with van der Waals surface area (Å²) >= 11 is 0. The molecule has 1 aromatic heterocycles. The van der Waals surface area contributed by atoms with Gasteiger partial charge in [-0.05, 0) is 37.0 Å². The second-order valence-electron chi connectivity index (χ2n) is 7.63. The topological polar surface area (TPSA) is 130 Å². The number of primary amides is 1. The highest BCUT2D eigenvalue weighted by atomic mass is 16.6. The minimum Gasteiger partial charge on any atom is -0.461 e. The third-order valence-electron chi connectivity index (χ3n) is 5.30. The van der Waals surface area contributed by atoms with Crippen LogP contribution in [0.15, 0.2) is 0 Å². The van der Waals surface area contributed by atoms with Crippen LogP contribution in [0.4, 0.5) is 5.69 Å². The summed E-state index contributed by atoms with van der Waals surface area (Å²) in [5.74, 6) is -0.332. The van der Waals surface area contributed by atoms with E-state index in [1.807, 2.05) is 0 Å². The van der Waals surface area contributed by atoms with Crippen LogP contribution in [0.2, 0.25) is 0 Å². The molecular weight excluding hydrogens is 352 g/mol. The predicted octanol–water partition coefficient (Wildman–Crippen LogP) is 2.46. The lowest BCUT2D eigenvalue weighted by Gasteiger charge is -2.36. The van der Waals surface area contributed by atoms with E-state index in [0.29, 0.717) is 17.8 Å². The summed E-state index contributed by atoms with van der Waals surface area (Å²) in [7, 11) is 0. The van der Waals surface area contributed by atoms with Gasteiger partial charge in [0.15, 0.2) is 0 Å². The van der Waals surface area contributed by atoms with Gasteiger partial charge >= 0.3 is 11.7 Å². The standard InChI is InChI=1S/C18H28N4O5/c1-5-13-17(22(25)26)16(18(19)24)20-21(13)9-15(23)27-14-8-11(4)6-7-12(14)10(2)3/h10-12,14H,5-9H2,1-4H3,(H2,19,24)/t11-,12-,14-/m1/s1. The van der Waals surface area contributed by atoms with Crippen molar-refractivity contribution in [3.05, 3.63) is 21.5 Å². The summed E-state index contributed by atoms with van der Waals surface area (Å²) in [5, 5.41) is 15.2. The Kier molecular flexibility index (Phi) is 6.56. The molecule has 3 atom stereocenters. The molecule has 0 radical (unpaired) electrons. The van der Waals surface area contributed by atoms with E-state index in [2.05, 4.69) is 25.9 Å². The zero-order valence-electron chi connectivity index (χ0n) is 16.3. The molecule has 0 aromatic carbocycles. The highest BCUT2D eigenvalue weighted by Crippen LogP contribution is 2.35. The molecule has 2 rings (SSSR count). The van der Waals surface area contributed by atoms with Gasteiger partial charge in [-0.1, -0.05) is 34.1 Å². The van der Waals surface area contributed by atoms with Gasteiger partial charge in [0.05, 0.1) is 4.92 Å². The van der Waals surface area contributed by atoms with Crippen LogP contribution in [0.25, 0.3) is 0 Å². The first-order chi connectivity index (χ1) is 12.6. The highest BCUT2D eigenvalue weighted by Gasteiger charge is 2.35. The maximum absolute atomic E-state index is 12.5. The van der Waals surface area contributed by atoms with Crippen LogP contribution in [0.1, 0.15) is 63.1 Å². The Hall–Kier alpha value is -2.45. The molecule has 0 saturated heterocycles. The summed E-state index contributed by atoms with van der Waals surface area (Å²) < 4.78 is 6.89. The van der Waals surface area contributed by atoms with Gasteiger partial charge in [-0.2, -0.15) is 5.10 Å². The van der Waals surface area contributed by atoms with Crippen LogP contribution in [-0.2, 0) is 22.5 Å². The van der Waals surface area contributed by atoms with Gasteiger partial charge in [0.1, 0.15) is 18.3 Å². The Morgan fingerprint density at radius 2 is 2.07 bits per heavy atom. The average Bonchev–Trinajstić information content (AvgIpc) is 2.93. The molecule has 1 aliphatic carbocycles. The lowest BCUT2D eigenvalue weighted by molar-refractivity contribution is -0.385.